The molecule has 2 N–H and O–H groups in total. The molecule has 9 heteroatoms. The fraction of sp³-hybridized carbons (Fsp3) is 0.0833. The van der Waals surface area contributed by atoms with E-state index in [1.165, 1.54) is 6.92 Å². The van der Waals surface area contributed by atoms with Gasteiger partial charge in [0.2, 0.25) is 0 Å². The lowest BCUT2D eigenvalue weighted by atomic mass is 10.2. The number of hydrogen-bond acceptors (Lipinski definition) is 4. The maximum absolute atomic E-state index is 13.7. The van der Waals surface area contributed by atoms with Gasteiger partial charge in [-0.1, -0.05) is 15.9 Å². The lowest BCUT2D eigenvalue weighted by Crippen LogP contribution is -2.17. The van der Waals surface area contributed by atoms with E-state index in [1.807, 2.05) is 0 Å². The number of anilines is 1. The molecular weight excluding hydrogens is 370 g/mol. The first-order chi connectivity index (χ1) is 9.81. The molecule has 0 atom stereocenters. The van der Waals surface area contributed by atoms with Crippen molar-refractivity contribution in [2.24, 2.45) is 0 Å². The summed E-state index contributed by atoms with van der Waals surface area (Å²) in [6, 6.07) is 1.88. The SMILES string of the molecule is Cc1nsc(NC(=O)c2c(F)cc(Br)cc2F)c1C(=O)O. The van der Waals surface area contributed by atoms with Crippen LogP contribution in [0.15, 0.2) is 16.6 Å². The van der Waals surface area contributed by atoms with Crippen LogP contribution in [0.25, 0.3) is 0 Å². The fourth-order valence-electron chi connectivity index (χ4n) is 1.63. The molecule has 0 saturated heterocycles. The predicted molar refractivity (Wildman–Crippen MR) is 75.8 cm³/mol. The maximum atomic E-state index is 13.7. The molecule has 0 radical (unpaired) electrons. The third-order valence-corrected chi connectivity index (χ3v) is 3.85. The van der Waals surface area contributed by atoms with Gasteiger partial charge < -0.3 is 10.4 Å². The summed E-state index contributed by atoms with van der Waals surface area (Å²) in [6.45, 7) is 1.45. The van der Waals surface area contributed by atoms with Gasteiger partial charge >= 0.3 is 5.97 Å². The fourth-order valence-corrected chi connectivity index (χ4v) is 2.82. The largest absolute Gasteiger partial charge is 0.478 e. The number of aromatic carboxylic acids is 1. The number of aryl methyl sites for hydroxylation is 1. The van der Waals surface area contributed by atoms with Gasteiger partial charge in [-0.05, 0) is 30.6 Å². The lowest BCUT2D eigenvalue weighted by molar-refractivity contribution is 0.0697. The van der Waals surface area contributed by atoms with Gasteiger partial charge in [0.25, 0.3) is 5.91 Å². The Labute approximate surface area is 129 Å². The molecule has 0 fully saturated rings. The number of rotatable bonds is 3. The molecule has 0 unspecified atom stereocenters. The molecule has 0 saturated carbocycles. The number of nitrogens with one attached hydrogen (secondary N) is 1. The zero-order valence-electron chi connectivity index (χ0n) is 10.4. The zero-order valence-corrected chi connectivity index (χ0v) is 12.8. The Kier molecular flexibility index (Phi) is 4.33. The number of carbonyl (C=O) groups is 2. The first-order valence-electron chi connectivity index (χ1n) is 5.46. The maximum Gasteiger partial charge on any atom is 0.340 e. The number of amides is 1. The molecule has 1 aromatic carbocycles. The van der Waals surface area contributed by atoms with Gasteiger partial charge in [-0.15, -0.1) is 0 Å². The Hall–Kier alpha value is -1.87. The third kappa shape index (κ3) is 3.08. The molecule has 5 nitrogen and oxygen atoms in total. The van der Waals surface area contributed by atoms with Crippen LogP contribution in [0.2, 0.25) is 0 Å². The van der Waals surface area contributed by atoms with Crippen molar-refractivity contribution in [2.45, 2.75) is 6.92 Å². The highest BCUT2D eigenvalue weighted by Gasteiger charge is 2.23. The molecule has 0 spiro atoms. The van der Waals surface area contributed by atoms with Crippen molar-refractivity contribution in [2.75, 3.05) is 5.32 Å². The van der Waals surface area contributed by atoms with Gasteiger partial charge in [-0.2, -0.15) is 4.37 Å². The molecule has 110 valence electrons. The normalized spacial score (nSPS) is 10.5. The average molecular weight is 377 g/mol. The van der Waals surface area contributed by atoms with Crippen molar-refractivity contribution in [3.05, 3.63) is 45.1 Å². The lowest BCUT2D eigenvalue weighted by Gasteiger charge is -2.06. The summed E-state index contributed by atoms with van der Waals surface area (Å²) in [5.74, 6) is -4.48. The first-order valence-corrected chi connectivity index (χ1v) is 7.03. The number of carbonyl (C=O) groups excluding carboxylic acids is 1. The summed E-state index contributed by atoms with van der Waals surface area (Å²) < 4.78 is 31.3. The second-order valence-electron chi connectivity index (χ2n) is 3.98. The third-order valence-electron chi connectivity index (χ3n) is 2.54. The summed E-state index contributed by atoms with van der Waals surface area (Å²) in [5.41, 5.74) is -0.786. The van der Waals surface area contributed by atoms with E-state index >= 15 is 0 Å². The van der Waals surface area contributed by atoms with Crippen LogP contribution in [0.3, 0.4) is 0 Å². The van der Waals surface area contributed by atoms with Gasteiger partial charge in [-0.3, -0.25) is 4.79 Å². The Morgan fingerprint density at radius 2 is 1.86 bits per heavy atom. The molecule has 0 aliphatic rings. The minimum absolute atomic E-state index is 0.0771. The van der Waals surface area contributed by atoms with Gasteiger partial charge in [0.15, 0.2) is 0 Å². The van der Waals surface area contributed by atoms with E-state index in [1.54, 1.807) is 0 Å². The van der Waals surface area contributed by atoms with E-state index in [9.17, 15) is 18.4 Å². The Morgan fingerprint density at radius 3 is 2.38 bits per heavy atom. The van der Waals surface area contributed by atoms with Crippen LogP contribution < -0.4 is 5.32 Å². The zero-order chi connectivity index (χ0) is 15.7. The quantitative estimate of drug-likeness (QED) is 0.859. The second-order valence-corrected chi connectivity index (χ2v) is 5.66. The van der Waals surface area contributed by atoms with Crippen molar-refractivity contribution in [1.82, 2.24) is 4.37 Å². The van der Waals surface area contributed by atoms with E-state index in [0.29, 0.717) is 0 Å². The molecule has 0 bridgehead atoms. The molecule has 1 heterocycles. The van der Waals surface area contributed by atoms with Crippen molar-refractivity contribution in [3.63, 3.8) is 0 Å². The number of carboxylic acid groups (broad SMARTS) is 1. The van der Waals surface area contributed by atoms with Crippen LogP contribution in [0.1, 0.15) is 26.4 Å². The molecule has 0 aliphatic carbocycles. The van der Waals surface area contributed by atoms with Crippen LogP contribution in [0.5, 0.6) is 0 Å². The first kappa shape index (κ1) is 15.5. The monoisotopic (exact) mass is 376 g/mol. The smallest absolute Gasteiger partial charge is 0.340 e. The number of nitrogens with zero attached hydrogens (tertiary/aromatic N) is 1. The summed E-state index contributed by atoms with van der Waals surface area (Å²) in [7, 11) is 0. The van der Waals surface area contributed by atoms with Crippen LogP contribution in [0, 0.1) is 18.6 Å². The number of halogens is 3. The van der Waals surface area contributed by atoms with Gasteiger partial charge in [0.1, 0.15) is 27.8 Å². The van der Waals surface area contributed by atoms with Crippen LogP contribution >= 0.6 is 27.5 Å². The molecule has 2 rings (SSSR count). The minimum Gasteiger partial charge on any atom is -0.478 e. The molecule has 1 aromatic heterocycles. The van der Waals surface area contributed by atoms with E-state index in [2.05, 4.69) is 25.6 Å². The number of hydrogen-bond donors (Lipinski definition) is 2. The number of aromatic nitrogens is 1. The van der Waals surface area contributed by atoms with E-state index in [4.69, 9.17) is 5.11 Å². The minimum atomic E-state index is -1.28. The number of benzene rings is 1. The topological polar surface area (TPSA) is 79.3 Å². The van der Waals surface area contributed by atoms with Crippen molar-refractivity contribution >= 4 is 44.3 Å². The van der Waals surface area contributed by atoms with Crippen LogP contribution in [0.4, 0.5) is 13.8 Å². The van der Waals surface area contributed by atoms with Crippen LogP contribution in [-0.2, 0) is 0 Å². The highest BCUT2D eigenvalue weighted by molar-refractivity contribution is 9.10. The van der Waals surface area contributed by atoms with Crippen molar-refractivity contribution in [3.8, 4) is 0 Å². The molecule has 21 heavy (non-hydrogen) atoms. The predicted octanol–water partition coefficient (Wildman–Crippen LogP) is 3.44. The molecule has 1 amide bonds. The Bertz CT molecular complexity index is 725. The van der Waals surface area contributed by atoms with Gasteiger partial charge in [-0.25, -0.2) is 13.6 Å². The summed E-state index contributed by atoms with van der Waals surface area (Å²) >= 11 is 3.63. The number of carboxylic acids is 1. The Morgan fingerprint density at radius 1 is 1.29 bits per heavy atom. The van der Waals surface area contributed by atoms with E-state index < -0.39 is 29.1 Å². The van der Waals surface area contributed by atoms with Crippen molar-refractivity contribution in [1.29, 1.82) is 0 Å². The average Bonchev–Trinajstić information content (AvgIpc) is 2.68. The highest BCUT2D eigenvalue weighted by atomic mass is 79.9. The Balaban J connectivity index is 2.38. The van der Waals surface area contributed by atoms with Crippen LogP contribution in [-0.4, -0.2) is 21.4 Å². The molecular formula is C12H7BrF2N2O3S. The second kappa shape index (κ2) is 5.86. The van der Waals surface area contributed by atoms with Crippen molar-refractivity contribution < 1.29 is 23.5 Å². The molecule has 2 aromatic rings. The summed E-state index contributed by atoms with van der Waals surface area (Å²) in [5, 5.41) is 11.1. The van der Waals surface area contributed by atoms with Gasteiger partial charge in [0.05, 0.1) is 5.69 Å². The van der Waals surface area contributed by atoms with Gasteiger partial charge in [0, 0.05) is 4.47 Å². The standard InChI is InChI=1S/C12H7BrF2N2O3S/c1-4-8(12(19)20)11(21-17-4)16-10(18)9-6(14)2-5(13)3-7(9)15/h2-3H,1H3,(H,16,18)(H,19,20). The summed E-state index contributed by atoms with van der Waals surface area (Å²) in [4.78, 5) is 23.0. The summed E-state index contributed by atoms with van der Waals surface area (Å²) in [6.07, 6.45) is 0. The van der Waals surface area contributed by atoms with E-state index in [-0.39, 0.29) is 20.7 Å². The van der Waals surface area contributed by atoms with E-state index in [0.717, 1.165) is 23.7 Å². The molecule has 0 aliphatic heterocycles. The highest BCUT2D eigenvalue weighted by Crippen LogP contribution is 2.26.